The standard InChI is InChI=1S/C16H21N/c1-11-7-8-14-13(10-11)12-6-5-9-16(2,3)15(12)17(14)4/h7-8,10H,5-6,9H2,1-4H3. The summed E-state index contributed by atoms with van der Waals surface area (Å²) in [4.78, 5) is 0. The number of aromatic nitrogens is 1. The molecule has 1 aromatic heterocycles. The maximum absolute atomic E-state index is 2.42. The number of hydrogen-bond acceptors (Lipinski definition) is 0. The first-order valence-electron chi connectivity index (χ1n) is 6.59. The van der Waals surface area contributed by atoms with Crippen molar-refractivity contribution in [2.24, 2.45) is 7.05 Å². The summed E-state index contributed by atoms with van der Waals surface area (Å²) in [6.07, 6.45) is 3.88. The van der Waals surface area contributed by atoms with Crippen LogP contribution in [0.15, 0.2) is 18.2 Å². The van der Waals surface area contributed by atoms with E-state index >= 15 is 0 Å². The van der Waals surface area contributed by atoms with Gasteiger partial charge in [-0.25, -0.2) is 0 Å². The van der Waals surface area contributed by atoms with Gasteiger partial charge in [-0.15, -0.1) is 0 Å². The second-order valence-electron chi connectivity index (χ2n) is 6.14. The van der Waals surface area contributed by atoms with Gasteiger partial charge < -0.3 is 4.57 Å². The van der Waals surface area contributed by atoms with Gasteiger partial charge in [-0.05, 0) is 43.9 Å². The fraction of sp³-hybridized carbons (Fsp3) is 0.500. The summed E-state index contributed by atoms with van der Waals surface area (Å²) in [6.45, 7) is 6.96. The van der Waals surface area contributed by atoms with Crippen molar-refractivity contribution in [2.45, 2.75) is 45.4 Å². The summed E-state index contributed by atoms with van der Waals surface area (Å²) >= 11 is 0. The molecule has 1 aliphatic carbocycles. The second-order valence-corrected chi connectivity index (χ2v) is 6.14. The molecule has 1 nitrogen and oxygen atoms in total. The molecule has 1 aliphatic rings. The molecule has 0 unspecified atom stereocenters. The summed E-state index contributed by atoms with van der Waals surface area (Å²) < 4.78 is 2.42. The fourth-order valence-electron chi connectivity index (χ4n) is 3.58. The van der Waals surface area contributed by atoms with Crippen LogP contribution in [-0.4, -0.2) is 4.57 Å². The number of rotatable bonds is 0. The first kappa shape index (κ1) is 10.9. The predicted octanol–water partition coefficient (Wildman–Crippen LogP) is 4.10. The SMILES string of the molecule is Cc1ccc2c(c1)c1c(n2C)C(C)(C)CCC1. The van der Waals surface area contributed by atoms with E-state index in [9.17, 15) is 0 Å². The molecule has 0 N–H and O–H groups in total. The molecule has 1 heterocycles. The quantitative estimate of drug-likeness (QED) is 0.638. The summed E-state index contributed by atoms with van der Waals surface area (Å²) in [5.74, 6) is 0. The number of aryl methyl sites for hydroxylation is 3. The summed E-state index contributed by atoms with van der Waals surface area (Å²) in [7, 11) is 2.23. The van der Waals surface area contributed by atoms with E-state index in [2.05, 4.69) is 50.6 Å². The highest BCUT2D eigenvalue weighted by Crippen LogP contribution is 2.41. The minimum Gasteiger partial charge on any atom is -0.347 e. The number of hydrogen-bond donors (Lipinski definition) is 0. The molecule has 1 heteroatoms. The number of benzene rings is 1. The minimum atomic E-state index is 0.329. The number of fused-ring (bicyclic) bond motifs is 3. The molecule has 0 saturated heterocycles. The van der Waals surface area contributed by atoms with Crippen LogP contribution >= 0.6 is 0 Å². The van der Waals surface area contributed by atoms with Crippen LogP contribution < -0.4 is 0 Å². The lowest BCUT2D eigenvalue weighted by Gasteiger charge is -2.31. The van der Waals surface area contributed by atoms with Gasteiger partial charge in [0.15, 0.2) is 0 Å². The van der Waals surface area contributed by atoms with Crippen LogP contribution in [-0.2, 0) is 18.9 Å². The van der Waals surface area contributed by atoms with E-state index in [-0.39, 0.29) is 0 Å². The van der Waals surface area contributed by atoms with Gasteiger partial charge in [0.25, 0.3) is 0 Å². The fourth-order valence-corrected chi connectivity index (χ4v) is 3.58. The number of nitrogens with zero attached hydrogens (tertiary/aromatic N) is 1. The Hall–Kier alpha value is -1.24. The van der Waals surface area contributed by atoms with Gasteiger partial charge in [-0.2, -0.15) is 0 Å². The van der Waals surface area contributed by atoms with Gasteiger partial charge in [0, 0.05) is 29.1 Å². The van der Waals surface area contributed by atoms with E-state index in [1.807, 2.05) is 0 Å². The molecule has 0 amide bonds. The van der Waals surface area contributed by atoms with Crippen LogP contribution in [0, 0.1) is 6.92 Å². The molecule has 0 aliphatic heterocycles. The Morgan fingerprint density at radius 1 is 1.24 bits per heavy atom. The lowest BCUT2D eigenvalue weighted by Crippen LogP contribution is -2.26. The normalized spacial score (nSPS) is 18.4. The van der Waals surface area contributed by atoms with Crippen molar-refractivity contribution < 1.29 is 0 Å². The Bertz CT molecular complexity index is 587. The third kappa shape index (κ3) is 1.45. The van der Waals surface area contributed by atoms with Gasteiger partial charge in [0.1, 0.15) is 0 Å². The highest BCUT2D eigenvalue weighted by Gasteiger charge is 2.32. The van der Waals surface area contributed by atoms with E-state index in [1.165, 1.54) is 35.7 Å². The van der Waals surface area contributed by atoms with Crippen molar-refractivity contribution in [1.82, 2.24) is 4.57 Å². The molecule has 0 saturated carbocycles. The highest BCUT2D eigenvalue weighted by atomic mass is 15.0. The molecule has 0 fully saturated rings. The van der Waals surface area contributed by atoms with Crippen molar-refractivity contribution in [3.05, 3.63) is 35.0 Å². The molecular weight excluding hydrogens is 206 g/mol. The van der Waals surface area contributed by atoms with Crippen molar-refractivity contribution in [3.8, 4) is 0 Å². The first-order valence-corrected chi connectivity index (χ1v) is 6.59. The first-order chi connectivity index (χ1) is 8.00. The van der Waals surface area contributed by atoms with Crippen molar-refractivity contribution in [3.63, 3.8) is 0 Å². The lowest BCUT2D eigenvalue weighted by atomic mass is 9.76. The predicted molar refractivity (Wildman–Crippen MR) is 73.6 cm³/mol. The Morgan fingerprint density at radius 2 is 2.00 bits per heavy atom. The smallest absolute Gasteiger partial charge is 0.0483 e. The third-order valence-corrected chi connectivity index (χ3v) is 4.33. The summed E-state index contributed by atoms with van der Waals surface area (Å²) in [5, 5.41) is 1.48. The molecule has 3 rings (SSSR count). The Kier molecular flexibility index (Phi) is 2.16. The molecule has 90 valence electrons. The Morgan fingerprint density at radius 3 is 2.76 bits per heavy atom. The van der Waals surface area contributed by atoms with E-state index < -0.39 is 0 Å². The van der Waals surface area contributed by atoms with Gasteiger partial charge in [0.05, 0.1) is 0 Å². The zero-order chi connectivity index (χ0) is 12.2. The van der Waals surface area contributed by atoms with Crippen LogP contribution in [0.5, 0.6) is 0 Å². The van der Waals surface area contributed by atoms with Crippen LogP contribution in [0.1, 0.15) is 43.5 Å². The molecule has 0 bridgehead atoms. The van der Waals surface area contributed by atoms with Crippen molar-refractivity contribution in [2.75, 3.05) is 0 Å². The molecule has 17 heavy (non-hydrogen) atoms. The van der Waals surface area contributed by atoms with E-state index in [0.29, 0.717) is 5.41 Å². The zero-order valence-corrected chi connectivity index (χ0v) is 11.3. The summed E-state index contributed by atoms with van der Waals surface area (Å²) in [5.41, 5.74) is 6.26. The van der Waals surface area contributed by atoms with Crippen LogP contribution in [0.2, 0.25) is 0 Å². The molecule has 0 atom stereocenters. The minimum absolute atomic E-state index is 0.329. The van der Waals surface area contributed by atoms with E-state index in [4.69, 9.17) is 0 Å². The topological polar surface area (TPSA) is 4.93 Å². The lowest BCUT2D eigenvalue weighted by molar-refractivity contribution is 0.410. The van der Waals surface area contributed by atoms with Gasteiger partial charge in [0.2, 0.25) is 0 Å². The van der Waals surface area contributed by atoms with E-state index in [0.717, 1.165) is 0 Å². The maximum Gasteiger partial charge on any atom is 0.0483 e. The van der Waals surface area contributed by atoms with Crippen LogP contribution in [0.25, 0.3) is 10.9 Å². The highest BCUT2D eigenvalue weighted by molar-refractivity contribution is 5.87. The van der Waals surface area contributed by atoms with Gasteiger partial charge >= 0.3 is 0 Å². The zero-order valence-electron chi connectivity index (χ0n) is 11.3. The Balaban J connectivity index is 2.42. The summed E-state index contributed by atoms with van der Waals surface area (Å²) in [6, 6.07) is 6.86. The maximum atomic E-state index is 2.42. The van der Waals surface area contributed by atoms with Crippen molar-refractivity contribution >= 4 is 10.9 Å². The monoisotopic (exact) mass is 227 g/mol. The average Bonchev–Trinajstić information content (AvgIpc) is 2.53. The average molecular weight is 227 g/mol. The molecule has 2 aromatic rings. The van der Waals surface area contributed by atoms with Crippen molar-refractivity contribution in [1.29, 1.82) is 0 Å². The Labute approximate surface area is 103 Å². The molecule has 0 radical (unpaired) electrons. The third-order valence-electron chi connectivity index (χ3n) is 4.33. The molecule has 1 aromatic carbocycles. The van der Waals surface area contributed by atoms with Gasteiger partial charge in [-0.3, -0.25) is 0 Å². The molecule has 0 spiro atoms. The van der Waals surface area contributed by atoms with Gasteiger partial charge in [-0.1, -0.05) is 25.5 Å². The largest absolute Gasteiger partial charge is 0.347 e. The van der Waals surface area contributed by atoms with Crippen LogP contribution in [0.4, 0.5) is 0 Å². The van der Waals surface area contributed by atoms with Crippen LogP contribution in [0.3, 0.4) is 0 Å². The van der Waals surface area contributed by atoms with E-state index in [1.54, 1.807) is 11.3 Å². The molecular formula is C16H21N. The second kappa shape index (κ2) is 3.38.